The van der Waals surface area contributed by atoms with Crippen LogP contribution in [-0.4, -0.2) is 70.2 Å². The summed E-state index contributed by atoms with van der Waals surface area (Å²) in [5.41, 5.74) is 1.25. The summed E-state index contributed by atoms with van der Waals surface area (Å²) in [5.74, 6) is 1.49. The average molecular weight is 628 g/mol. The molecule has 5 aliphatic rings. The fourth-order valence-electron chi connectivity index (χ4n) is 8.74. The van der Waals surface area contributed by atoms with Crippen molar-refractivity contribution in [2.24, 2.45) is 11.8 Å². The minimum atomic E-state index is -1.01. The Labute approximate surface area is 263 Å². The number of benzene rings is 2. The third kappa shape index (κ3) is 4.68. The van der Waals surface area contributed by atoms with Crippen molar-refractivity contribution in [3.63, 3.8) is 0 Å². The summed E-state index contributed by atoms with van der Waals surface area (Å²) >= 11 is 12.5. The summed E-state index contributed by atoms with van der Waals surface area (Å²) < 4.78 is 12.6. The van der Waals surface area contributed by atoms with E-state index in [0.29, 0.717) is 46.8 Å². The first-order chi connectivity index (χ1) is 20.5. The molecule has 43 heavy (non-hydrogen) atoms. The Morgan fingerprint density at radius 1 is 1.14 bits per heavy atom. The van der Waals surface area contributed by atoms with Crippen LogP contribution in [0.25, 0.3) is 0 Å². The van der Waals surface area contributed by atoms with Crippen LogP contribution in [0.4, 0.5) is 0 Å². The number of likely N-dealkylation sites (tertiary alicyclic amines) is 1. The Balaban J connectivity index is 1.31. The lowest BCUT2D eigenvalue weighted by molar-refractivity contribution is -0.202. The quantitative estimate of drug-likeness (QED) is 0.304. The second-order valence-electron chi connectivity index (χ2n) is 13.8. The molecule has 1 saturated heterocycles. The monoisotopic (exact) mass is 626 g/mol. The first kappa shape index (κ1) is 29.4. The van der Waals surface area contributed by atoms with E-state index in [2.05, 4.69) is 24.8 Å². The van der Waals surface area contributed by atoms with E-state index in [1.807, 2.05) is 17.0 Å². The zero-order chi connectivity index (χ0) is 30.3. The van der Waals surface area contributed by atoms with E-state index in [0.717, 1.165) is 42.6 Å². The van der Waals surface area contributed by atoms with E-state index in [-0.39, 0.29) is 30.3 Å². The number of esters is 1. The van der Waals surface area contributed by atoms with Crippen molar-refractivity contribution in [3.8, 4) is 11.5 Å². The topological polar surface area (TPSA) is 79.3 Å². The van der Waals surface area contributed by atoms with Crippen LogP contribution in [0.1, 0.15) is 69.6 Å². The van der Waals surface area contributed by atoms with Gasteiger partial charge in [-0.2, -0.15) is 0 Å². The summed E-state index contributed by atoms with van der Waals surface area (Å²) in [5, 5.41) is 13.8. The molecule has 2 aliphatic heterocycles. The number of ether oxygens (including phenoxy) is 2. The van der Waals surface area contributed by atoms with Gasteiger partial charge in [0.05, 0.1) is 33.5 Å². The van der Waals surface area contributed by atoms with E-state index >= 15 is 0 Å². The van der Waals surface area contributed by atoms with Crippen molar-refractivity contribution in [1.29, 1.82) is 0 Å². The van der Waals surface area contributed by atoms with E-state index in [9.17, 15) is 14.7 Å². The van der Waals surface area contributed by atoms with Gasteiger partial charge in [-0.25, -0.2) is 0 Å². The normalized spacial score (nSPS) is 30.5. The molecule has 7 nitrogen and oxygen atoms in total. The SMILES string of the molecule is CC(=O)Oc1ccc2c3c1O[C@H]1[C@H](N(CC(C)C)C(=O)Cc4ccc(Cl)c(Cl)c4)CC[C@@]4(O)[C@@H](C2)N(CC2CC2)CC[C@]314. The Kier molecular flexibility index (Phi) is 7.28. The maximum absolute atomic E-state index is 14.2. The molecule has 1 amide bonds. The number of hydrogen-bond acceptors (Lipinski definition) is 6. The van der Waals surface area contributed by atoms with Gasteiger partial charge in [-0.15, -0.1) is 0 Å². The van der Waals surface area contributed by atoms with Crippen LogP contribution in [0.15, 0.2) is 30.3 Å². The van der Waals surface area contributed by atoms with Gasteiger partial charge in [0, 0.05) is 31.6 Å². The van der Waals surface area contributed by atoms with Gasteiger partial charge < -0.3 is 19.5 Å². The summed E-state index contributed by atoms with van der Waals surface area (Å²) in [6.45, 7) is 8.08. The molecule has 2 aromatic carbocycles. The molecular weight excluding hydrogens is 587 g/mol. The minimum Gasteiger partial charge on any atom is -0.483 e. The van der Waals surface area contributed by atoms with Gasteiger partial charge in [0.2, 0.25) is 5.91 Å². The molecule has 0 unspecified atom stereocenters. The van der Waals surface area contributed by atoms with Crippen LogP contribution in [0.2, 0.25) is 10.0 Å². The standard InChI is InChI=1S/C34H40Cl2N2O5/c1-19(2)17-38(29(40)15-22-6-8-24(35)25(36)14-22)26-10-11-34(41)28-16-23-7-9-27(42-20(3)39)31-30(23)33(34,32(26)43-31)12-13-37(28)18-21-4-5-21/h6-9,14,19,21,26,28,32,41H,4-5,10-13,15-18H2,1-3H3/t26-,28-,32+,33+,34-/m1/s1. The number of halogens is 2. The van der Waals surface area contributed by atoms with E-state index in [1.165, 1.54) is 19.8 Å². The lowest BCUT2D eigenvalue weighted by Gasteiger charge is -2.65. The van der Waals surface area contributed by atoms with Crippen LogP contribution in [0.3, 0.4) is 0 Å². The second kappa shape index (κ2) is 10.6. The number of aliphatic hydroxyl groups is 1. The van der Waals surface area contributed by atoms with Crippen molar-refractivity contribution >= 4 is 35.1 Å². The number of carbonyl (C=O) groups is 2. The van der Waals surface area contributed by atoms with Crippen molar-refractivity contribution in [1.82, 2.24) is 9.80 Å². The van der Waals surface area contributed by atoms with Gasteiger partial charge in [-0.3, -0.25) is 14.5 Å². The maximum atomic E-state index is 14.2. The van der Waals surface area contributed by atoms with Crippen molar-refractivity contribution in [2.75, 3.05) is 19.6 Å². The lowest BCUT2D eigenvalue weighted by Crippen LogP contribution is -2.78. The first-order valence-corrected chi connectivity index (χ1v) is 16.5. The third-order valence-electron chi connectivity index (χ3n) is 10.6. The Morgan fingerprint density at radius 2 is 1.93 bits per heavy atom. The predicted octanol–water partition coefficient (Wildman–Crippen LogP) is 5.58. The Morgan fingerprint density at radius 3 is 2.63 bits per heavy atom. The van der Waals surface area contributed by atoms with Gasteiger partial charge in [0.25, 0.3) is 0 Å². The van der Waals surface area contributed by atoms with Crippen molar-refractivity contribution in [2.45, 2.75) is 94.9 Å². The fourth-order valence-corrected chi connectivity index (χ4v) is 9.06. The Hall–Kier alpha value is -2.32. The van der Waals surface area contributed by atoms with Gasteiger partial charge in [-0.1, -0.05) is 49.2 Å². The van der Waals surface area contributed by atoms with Crippen LogP contribution in [-0.2, 0) is 27.8 Å². The molecule has 230 valence electrons. The largest absolute Gasteiger partial charge is 0.483 e. The molecular formula is C34H40Cl2N2O5. The molecule has 1 spiro atoms. The van der Waals surface area contributed by atoms with E-state index in [1.54, 1.807) is 12.1 Å². The first-order valence-electron chi connectivity index (χ1n) is 15.7. The average Bonchev–Trinajstić information content (AvgIpc) is 3.69. The van der Waals surface area contributed by atoms with Crippen LogP contribution >= 0.6 is 23.2 Å². The number of amides is 1. The van der Waals surface area contributed by atoms with Gasteiger partial charge >= 0.3 is 5.97 Å². The van der Waals surface area contributed by atoms with E-state index in [4.69, 9.17) is 32.7 Å². The highest BCUT2D eigenvalue weighted by atomic mass is 35.5. The van der Waals surface area contributed by atoms with Crippen LogP contribution < -0.4 is 9.47 Å². The Bertz CT molecular complexity index is 1480. The number of piperidine rings is 1. The van der Waals surface area contributed by atoms with E-state index < -0.39 is 23.1 Å². The van der Waals surface area contributed by atoms with Crippen LogP contribution in [0, 0.1) is 11.8 Å². The lowest BCUT2D eigenvalue weighted by atomic mass is 9.48. The summed E-state index contributed by atoms with van der Waals surface area (Å²) in [7, 11) is 0. The molecule has 9 heteroatoms. The van der Waals surface area contributed by atoms with Crippen molar-refractivity contribution < 1.29 is 24.2 Å². The molecule has 2 heterocycles. The molecule has 0 aromatic heterocycles. The number of carbonyl (C=O) groups excluding carboxylic acids is 2. The zero-order valence-electron chi connectivity index (χ0n) is 25.1. The predicted molar refractivity (Wildman–Crippen MR) is 165 cm³/mol. The molecule has 1 N–H and O–H groups in total. The maximum Gasteiger partial charge on any atom is 0.308 e. The van der Waals surface area contributed by atoms with Crippen molar-refractivity contribution in [3.05, 3.63) is 57.1 Å². The molecule has 2 saturated carbocycles. The summed E-state index contributed by atoms with van der Waals surface area (Å²) in [4.78, 5) is 30.8. The van der Waals surface area contributed by atoms with Gasteiger partial charge in [0.15, 0.2) is 11.5 Å². The van der Waals surface area contributed by atoms with Crippen LogP contribution in [0.5, 0.6) is 11.5 Å². The smallest absolute Gasteiger partial charge is 0.308 e. The highest BCUT2D eigenvalue weighted by Gasteiger charge is 2.73. The van der Waals surface area contributed by atoms with Gasteiger partial charge in [0.1, 0.15) is 6.10 Å². The number of rotatable bonds is 8. The molecule has 2 aromatic rings. The molecule has 3 aliphatic carbocycles. The third-order valence-corrected chi connectivity index (χ3v) is 11.3. The number of hydrogen-bond donors (Lipinski definition) is 1. The molecule has 3 fully saturated rings. The second-order valence-corrected chi connectivity index (χ2v) is 14.6. The highest BCUT2D eigenvalue weighted by molar-refractivity contribution is 6.42. The summed E-state index contributed by atoms with van der Waals surface area (Å²) in [6.07, 6.45) is 4.93. The zero-order valence-corrected chi connectivity index (χ0v) is 26.6. The fraction of sp³-hybridized carbons (Fsp3) is 0.588. The minimum absolute atomic E-state index is 0.00236. The molecule has 0 radical (unpaired) electrons. The highest BCUT2D eigenvalue weighted by Crippen LogP contribution is 2.66. The summed E-state index contributed by atoms with van der Waals surface area (Å²) in [6, 6.07) is 8.96. The molecule has 5 atom stereocenters. The molecule has 2 bridgehead atoms. The van der Waals surface area contributed by atoms with Gasteiger partial charge in [-0.05, 0) is 86.2 Å². The molecule has 7 rings (SSSR count). The number of nitrogens with zero attached hydrogens (tertiary/aromatic N) is 2.